The van der Waals surface area contributed by atoms with Crippen molar-refractivity contribution in [3.63, 3.8) is 0 Å². The van der Waals surface area contributed by atoms with Crippen LogP contribution in [0, 0.1) is 0 Å². The summed E-state index contributed by atoms with van der Waals surface area (Å²) in [6.45, 7) is 2.92. The third kappa shape index (κ3) is 4.52. The number of ether oxygens (including phenoxy) is 1. The number of hydrogen-bond acceptors (Lipinski definition) is 4. The summed E-state index contributed by atoms with van der Waals surface area (Å²) in [5.74, 6) is -1.23. The molecule has 0 fully saturated rings. The molecular weight excluding hydrogens is 346 g/mol. The van der Waals surface area contributed by atoms with E-state index in [1.54, 1.807) is 30.3 Å². The predicted molar refractivity (Wildman–Crippen MR) is 103 cm³/mol. The minimum absolute atomic E-state index is 0.177. The maximum atomic E-state index is 12.3. The Bertz CT molecular complexity index is 959. The van der Waals surface area contributed by atoms with E-state index in [2.05, 4.69) is 15.6 Å². The van der Waals surface area contributed by atoms with Crippen LogP contribution in [-0.4, -0.2) is 28.9 Å². The second-order valence-corrected chi connectivity index (χ2v) is 6.07. The molecular formula is C20H19N3O4. The second-order valence-electron chi connectivity index (χ2n) is 6.07. The van der Waals surface area contributed by atoms with Crippen molar-refractivity contribution in [1.29, 1.82) is 0 Å². The number of nitrogens with one attached hydrogen (secondary N) is 3. The number of rotatable bonds is 5. The molecule has 2 aromatic carbocycles. The van der Waals surface area contributed by atoms with Gasteiger partial charge in [0.2, 0.25) is 5.91 Å². The zero-order chi connectivity index (χ0) is 19.4. The number of esters is 1. The van der Waals surface area contributed by atoms with Crippen molar-refractivity contribution in [3.8, 4) is 0 Å². The Morgan fingerprint density at radius 2 is 1.59 bits per heavy atom. The van der Waals surface area contributed by atoms with Gasteiger partial charge in [-0.1, -0.05) is 18.2 Å². The lowest BCUT2D eigenvalue weighted by Gasteiger charge is -2.13. The van der Waals surface area contributed by atoms with Crippen LogP contribution in [0.15, 0.2) is 54.6 Å². The van der Waals surface area contributed by atoms with E-state index in [4.69, 9.17) is 4.74 Å². The quantitative estimate of drug-likeness (QED) is 0.604. The Kier molecular flexibility index (Phi) is 5.21. The molecule has 0 unspecified atom stereocenters. The van der Waals surface area contributed by atoms with E-state index in [1.807, 2.05) is 24.3 Å². The molecule has 0 aliphatic carbocycles. The van der Waals surface area contributed by atoms with Gasteiger partial charge in [-0.15, -0.1) is 0 Å². The first-order valence-electron chi connectivity index (χ1n) is 8.39. The fourth-order valence-corrected chi connectivity index (χ4v) is 2.54. The highest BCUT2D eigenvalue weighted by atomic mass is 16.5. The van der Waals surface area contributed by atoms with Gasteiger partial charge in [-0.25, -0.2) is 4.79 Å². The molecule has 1 heterocycles. The lowest BCUT2D eigenvalue weighted by atomic mass is 10.2. The summed E-state index contributed by atoms with van der Waals surface area (Å²) in [6.07, 6.45) is -0.973. The topological polar surface area (TPSA) is 100 Å². The van der Waals surface area contributed by atoms with Crippen LogP contribution >= 0.6 is 0 Å². The molecule has 0 saturated carbocycles. The number of fused-ring (bicyclic) bond motifs is 1. The molecule has 0 aliphatic rings. The lowest BCUT2D eigenvalue weighted by Crippen LogP contribution is -2.30. The van der Waals surface area contributed by atoms with Gasteiger partial charge in [-0.2, -0.15) is 0 Å². The predicted octanol–water partition coefficient (Wildman–Crippen LogP) is 3.31. The molecule has 0 saturated heterocycles. The summed E-state index contributed by atoms with van der Waals surface area (Å²) >= 11 is 0. The highest BCUT2D eigenvalue weighted by molar-refractivity contribution is 5.99. The standard InChI is InChI=1S/C20H19N3O4/c1-12(19(25)22-16-9-7-15(8-10-16)21-13(2)24)27-20(26)18-11-14-5-3-4-6-17(14)23-18/h3-12,23H,1-2H3,(H,21,24)(H,22,25)/t12-/m0/s1. The summed E-state index contributed by atoms with van der Waals surface area (Å²) in [6, 6.07) is 15.8. The monoisotopic (exact) mass is 365 g/mol. The Morgan fingerprint density at radius 3 is 2.22 bits per heavy atom. The average molecular weight is 365 g/mol. The number of benzene rings is 2. The fraction of sp³-hybridized carbons (Fsp3) is 0.150. The Morgan fingerprint density at radius 1 is 0.963 bits per heavy atom. The normalized spacial score (nSPS) is 11.6. The Hall–Kier alpha value is -3.61. The molecule has 138 valence electrons. The van der Waals surface area contributed by atoms with Crippen LogP contribution in [0.5, 0.6) is 0 Å². The van der Waals surface area contributed by atoms with Crippen LogP contribution in [0.2, 0.25) is 0 Å². The highest BCUT2D eigenvalue weighted by Crippen LogP contribution is 2.17. The maximum absolute atomic E-state index is 12.3. The van der Waals surface area contributed by atoms with E-state index >= 15 is 0 Å². The summed E-state index contributed by atoms with van der Waals surface area (Å²) < 4.78 is 5.24. The van der Waals surface area contributed by atoms with Gasteiger partial charge in [-0.3, -0.25) is 9.59 Å². The number of para-hydroxylation sites is 1. The van der Waals surface area contributed by atoms with E-state index in [0.29, 0.717) is 11.4 Å². The zero-order valence-corrected chi connectivity index (χ0v) is 14.9. The number of carbonyl (C=O) groups is 3. The smallest absolute Gasteiger partial charge is 0.355 e. The van der Waals surface area contributed by atoms with Crippen LogP contribution in [0.4, 0.5) is 11.4 Å². The fourth-order valence-electron chi connectivity index (χ4n) is 2.54. The number of anilines is 2. The molecule has 0 spiro atoms. The summed E-state index contributed by atoms with van der Waals surface area (Å²) in [5.41, 5.74) is 2.26. The average Bonchev–Trinajstić information content (AvgIpc) is 3.07. The van der Waals surface area contributed by atoms with E-state index in [1.165, 1.54) is 13.8 Å². The third-order valence-electron chi connectivity index (χ3n) is 3.88. The van der Waals surface area contributed by atoms with Crippen LogP contribution in [-0.2, 0) is 14.3 Å². The molecule has 3 N–H and O–H groups in total. The van der Waals surface area contributed by atoms with Gasteiger partial charge in [0.15, 0.2) is 6.10 Å². The minimum atomic E-state index is -0.973. The van der Waals surface area contributed by atoms with Crippen LogP contribution in [0.3, 0.4) is 0 Å². The SMILES string of the molecule is CC(=O)Nc1ccc(NC(=O)[C@H](C)OC(=O)c2cc3ccccc3[nH]2)cc1. The van der Waals surface area contributed by atoms with Crippen LogP contribution < -0.4 is 10.6 Å². The van der Waals surface area contributed by atoms with E-state index < -0.39 is 18.0 Å². The lowest BCUT2D eigenvalue weighted by molar-refractivity contribution is -0.123. The van der Waals surface area contributed by atoms with E-state index in [9.17, 15) is 14.4 Å². The van der Waals surface area contributed by atoms with Crippen molar-refractivity contribution in [2.24, 2.45) is 0 Å². The zero-order valence-electron chi connectivity index (χ0n) is 14.9. The number of aromatic nitrogens is 1. The first-order chi connectivity index (χ1) is 12.9. The van der Waals surface area contributed by atoms with Crippen molar-refractivity contribution in [2.45, 2.75) is 20.0 Å². The van der Waals surface area contributed by atoms with Crippen molar-refractivity contribution in [3.05, 3.63) is 60.3 Å². The van der Waals surface area contributed by atoms with Crippen molar-refractivity contribution >= 4 is 40.1 Å². The van der Waals surface area contributed by atoms with Crippen molar-refractivity contribution in [1.82, 2.24) is 4.98 Å². The van der Waals surface area contributed by atoms with Crippen molar-refractivity contribution in [2.75, 3.05) is 10.6 Å². The third-order valence-corrected chi connectivity index (χ3v) is 3.88. The van der Waals surface area contributed by atoms with Crippen molar-refractivity contribution < 1.29 is 19.1 Å². The molecule has 0 radical (unpaired) electrons. The molecule has 0 bridgehead atoms. The molecule has 1 atom stereocenters. The number of aromatic amines is 1. The van der Waals surface area contributed by atoms with Gasteiger partial charge in [0.1, 0.15) is 5.69 Å². The number of hydrogen-bond donors (Lipinski definition) is 3. The molecule has 7 heteroatoms. The highest BCUT2D eigenvalue weighted by Gasteiger charge is 2.20. The molecule has 27 heavy (non-hydrogen) atoms. The first-order valence-corrected chi connectivity index (χ1v) is 8.39. The molecule has 7 nitrogen and oxygen atoms in total. The molecule has 1 aromatic heterocycles. The Balaban J connectivity index is 1.59. The number of amides is 2. The van der Waals surface area contributed by atoms with Crippen LogP contribution in [0.1, 0.15) is 24.3 Å². The summed E-state index contributed by atoms with van der Waals surface area (Å²) in [4.78, 5) is 38.5. The minimum Gasteiger partial charge on any atom is -0.448 e. The maximum Gasteiger partial charge on any atom is 0.355 e. The Labute approximate surface area is 155 Å². The van der Waals surface area contributed by atoms with Gasteiger partial charge in [0.05, 0.1) is 0 Å². The van der Waals surface area contributed by atoms with Crippen LogP contribution in [0.25, 0.3) is 10.9 Å². The molecule has 0 aliphatic heterocycles. The van der Waals surface area contributed by atoms with E-state index in [-0.39, 0.29) is 11.6 Å². The summed E-state index contributed by atoms with van der Waals surface area (Å²) in [7, 11) is 0. The number of carbonyl (C=O) groups excluding carboxylic acids is 3. The van der Waals surface area contributed by atoms with Gasteiger partial charge in [0, 0.05) is 29.2 Å². The summed E-state index contributed by atoms with van der Waals surface area (Å²) in [5, 5.41) is 6.20. The van der Waals surface area contributed by atoms with Gasteiger partial charge in [0.25, 0.3) is 5.91 Å². The molecule has 3 rings (SSSR count). The van der Waals surface area contributed by atoms with Gasteiger partial charge >= 0.3 is 5.97 Å². The van der Waals surface area contributed by atoms with Gasteiger partial charge < -0.3 is 20.4 Å². The first kappa shape index (κ1) is 18.2. The van der Waals surface area contributed by atoms with E-state index in [0.717, 1.165) is 10.9 Å². The molecule has 2 amide bonds. The number of H-pyrrole nitrogens is 1. The molecule has 3 aromatic rings. The second kappa shape index (κ2) is 7.74. The largest absolute Gasteiger partial charge is 0.448 e. The van der Waals surface area contributed by atoms with Gasteiger partial charge in [-0.05, 0) is 43.3 Å².